The summed E-state index contributed by atoms with van der Waals surface area (Å²) in [7, 11) is 0. The SMILES string of the molecule is Cc1nc(C(=O)N[C@H](C)c2cc(F)cc(F)c2)c(C)s1. The Morgan fingerprint density at radius 3 is 2.35 bits per heavy atom. The quantitative estimate of drug-likeness (QED) is 0.941. The van der Waals surface area contributed by atoms with Crippen molar-refractivity contribution in [2.75, 3.05) is 0 Å². The number of aryl methyl sites for hydroxylation is 2. The first-order valence-electron chi connectivity index (χ1n) is 6.07. The molecule has 1 atom stereocenters. The fourth-order valence-corrected chi connectivity index (χ4v) is 2.73. The van der Waals surface area contributed by atoms with Gasteiger partial charge in [0.05, 0.1) is 11.0 Å². The maximum absolute atomic E-state index is 13.2. The molecule has 0 saturated carbocycles. The molecule has 0 saturated heterocycles. The van der Waals surface area contributed by atoms with Crippen LogP contribution in [0.5, 0.6) is 0 Å². The minimum Gasteiger partial charge on any atom is -0.344 e. The van der Waals surface area contributed by atoms with E-state index in [1.54, 1.807) is 6.92 Å². The van der Waals surface area contributed by atoms with Crippen molar-refractivity contribution < 1.29 is 13.6 Å². The van der Waals surface area contributed by atoms with Crippen molar-refractivity contribution in [2.24, 2.45) is 0 Å². The average molecular weight is 296 g/mol. The van der Waals surface area contributed by atoms with E-state index in [-0.39, 0.29) is 5.91 Å². The van der Waals surface area contributed by atoms with Crippen molar-refractivity contribution in [3.05, 3.63) is 51.0 Å². The summed E-state index contributed by atoms with van der Waals surface area (Å²) in [6.45, 7) is 5.30. The van der Waals surface area contributed by atoms with Gasteiger partial charge < -0.3 is 5.32 Å². The largest absolute Gasteiger partial charge is 0.344 e. The number of nitrogens with one attached hydrogen (secondary N) is 1. The number of rotatable bonds is 3. The van der Waals surface area contributed by atoms with E-state index in [0.717, 1.165) is 16.0 Å². The van der Waals surface area contributed by atoms with E-state index < -0.39 is 17.7 Å². The van der Waals surface area contributed by atoms with E-state index in [4.69, 9.17) is 0 Å². The molecule has 3 nitrogen and oxygen atoms in total. The van der Waals surface area contributed by atoms with Gasteiger partial charge in [0.25, 0.3) is 5.91 Å². The summed E-state index contributed by atoms with van der Waals surface area (Å²) in [5, 5.41) is 3.50. The molecule has 0 unspecified atom stereocenters. The topological polar surface area (TPSA) is 42.0 Å². The lowest BCUT2D eigenvalue weighted by Crippen LogP contribution is -2.27. The Labute approximate surface area is 119 Å². The van der Waals surface area contributed by atoms with Gasteiger partial charge in [-0.15, -0.1) is 11.3 Å². The second-order valence-electron chi connectivity index (χ2n) is 4.54. The van der Waals surface area contributed by atoms with E-state index in [9.17, 15) is 13.6 Å². The zero-order chi connectivity index (χ0) is 14.9. The van der Waals surface area contributed by atoms with Crippen LogP contribution in [0.15, 0.2) is 18.2 Å². The van der Waals surface area contributed by atoms with E-state index >= 15 is 0 Å². The molecule has 1 amide bonds. The first kappa shape index (κ1) is 14.6. The van der Waals surface area contributed by atoms with E-state index in [1.165, 1.54) is 23.5 Å². The van der Waals surface area contributed by atoms with Crippen LogP contribution in [0.1, 0.15) is 38.9 Å². The van der Waals surface area contributed by atoms with Gasteiger partial charge in [0.1, 0.15) is 17.3 Å². The number of hydrogen-bond donors (Lipinski definition) is 1. The van der Waals surface area contributed by atoms with Gasteiger partial charge in [-0.2, -0.15) is 0 Å². The molecular formula is C14H14F2N2OS. The van der Waals surface area contributed by atoms with E-state index in [1.807, 2.05) is 13.8 Å². The first-order valence-corrected chi connectivity index (χ1v) is 6.89. The summed E-state index contributed by atoms with van der Waals surface area (Å²) < 4.78 is 26.3. The number of halogens is 2. The number of carbonyl (C=O) groups excluding carboxylic acids is 1. The van der Waals surface area contributed by atoms with Crippen LogP contribution >= 0.6 is 11.3 Å². The predicted octanol–water partition coefficient (Wildman–Crippen LogP) is 3.53. The van der Waals surface area contributed by atoms with E-state index in [2.05, 4.69) is 10.3 Å². The smallest absolute Gasteiger partial charge is 0.271 e. The molecule has 1 aromatic carbocycles. The van der Waals surface area contributed by atoms with Gasteiger partial charge in [-0.3, -0.25) is 4.79 Å². The van der Waals surface area contributed by atoms with Crippen LogP contribution in [0, 0.1) is 25.5 Å². The Kier molecular flexibility index (Phi) is 4.13. The highest BCUT2D eigenvalue weighted by atomic mass is 32.1. The number of carbonyl (C=O) groups is 1. The van der Waals surface area contributed by atoms with Gasteiger partial charge in [0, 0.05) is 10.9 Å². The second kappa shape index (κ2) is 5.66. The van der Waals surface area contributed by atoms with Gasteiger partial charge in [-0.1, -0.05) is 0 Å². The Hall–Kier alpha value is -1.82. The number of amides is 1. The molecule has 0 bridgehead atoms. The van der Waals surface area contributed by atoms with Crippen LogP contribution in [-0.4, -0.2) is 10.9 Å². The maximum atomic E-state index is 13.2. The molecule has 6 heteroatoms. The lowest BCUT2D eigenvalue weighted by molar-refractivity contribution is 0.0934. The highest BCUT2D eigenvalue weighted by Crippen LogP contribution is 2.19. The van der Waals surface area contributed by atoms with Crippen LogP contribution < -0.4 is 5.32 Å². The number of benzene rings is 1. The molecule has 0 spiro atoms. The zero-order valence-corrected chi connectivity index (χ0v) is 12.1. The molecule has 2 aromatic rings. The van der Waals surface area contributed by atoms with Gasteiger partial charge >= 0.3 is 0 Å². The average Bonchev–Trinajstić information content (AvgIpc) is 2.67. The number of nitrogens with zero attached hydrogens (tertiary/aromatic N) is 1. The fourth-order valence-electron chi connectivity index (χ4n) is 1.91. The molecule has 0 fully saturated rings. The van der Waals surface area contributed by atoms with Gasteiger partial charge in [0.2, 0.25) is 0 Å². The summed E-state index contributed by atoms with van der Waals surface area (Å²) in [6, 6.07) is 2.70. The molecule has 1 heterocycles. The summed E-state index contributed by atoms with van der Waals surface area (Å²) in [5.74, 6) is -1.67. The number of thiazole rings is 1. The third-order valence-corrected chi connectivity index (χ3v) is 3.74. The number of aromatic nitrogens is 1. The van der Waals surface area contributed by atoms with Crippen LogP contribution in [0.4, 0.5) is 8.78 Å². The molecule has 1 aromatic heterocycles. The van der Waals surface area contributed by atoms with Gasteiger partial charge in [0.15, 0.2) is 0 Å². The van der Waals surface area contributed by atoms with Gasteiger partial charge in [-0.25, -0.2) is 13.8 Å². The molecule has 106 valence electrons. The normalized spacial score (nSPS) is 12.2. The third-order valence-electron chi connectivity index (χ3n) is 2.85. The fraction of sp³-hybridized carbons (Fsp3) is 0.286. The molecule has 0 aliphatic heterocycles. The molecule has 1 N–H and O–H groups in total. The van der Waals surface area contributed by atoms with Crippen molar-refractivity contribution in [1.29, 1.82) is 0 Å². The van der Waals surface area contributed by atoms with Crippen LogP contribution in [0.2, 0.25) is 0 Å². The van der Waals surface area contributed by atoms with Crippen LogP contribution in [0.25, 0.3) is 0 Å². The minimum absolute atomic E-state index is 0.344. The summed E-state index contributed by atoms with van der Waals surface area (Å²) in [5.41, 5.74) is 0.733. The Balaban J connectivity index is 2.17. The molecular weight excluding hydrogens is 282 g/mol. The molecule has 2 rings (SSSR count). The van der Waals surface area contributed by atoms with E-state index in [0.29, 0.717) is 11.3 Å². The predicted molar refractivity (Wildman–Crippen MR) is 73.8 cm³/mol. The van der Waals surface area contributed by atoms with Crippen LogP contribution in [0.3, 0.4) is 0 Å². The highest BCUT2D eigenvalue weighted by molar-refractivity contribution is 7.11. The lowest BCUT2D eigenvalue weighted by atomic mass is 10.1. The minimum atomic E-state index is -0.665. The highest BCUT2D eigenvalue weighted by Gasteiger charge is 2.17. The van der Waals surface area contributed by atoms with Crippen LogP contribution in [-0.2, 0) is 0 Å². The van der Waals surface area contributed by atoms with Crippen molar-refractivity contribution in [3.8, 4) is 0 Å². The second-order valence-corrected chi connectivity index (χ2v) is 5.94. The molecule has 0 radical (unpaired) electrons. The summed E-state index contributed by atoms with van der Waals surface area (Å²) in [6.07, 6.45) is 0. The number of hydrogen-bond acceptors (Lipinski definition) is 3. The maximum Gasteiger partial charge on any atom is 0.271 e. The lowest BCUT2D eigenvalue weighted by Gasteiger charge is -2.14. The first-order chi connectivity index (χ1) is 9.36. The van der Waals surface area contributed by atoms with Gasteiger partial charge in [-0.05, 0) is 38.5 Å². The Morgan fingerprint density at radius 2 is 1.85 bits per heavy atom. The monoisotopic (exact) mass is 296 g/mol. The summed E-state index contributed by atoms with van der Waals surface area (Å²) in [4.78, 5) is 17.0. The Bertz CT molecular complexity index is 634. The molecule has 0 aliphatic rings. The van der Waals surface area contributed by atoms with Crippen molar-refractivity contribution in [1.82, 2.24) is 10.3 Å². The van der Waals surface area contributed by atoms with Crippen molar-refractivity contribution in [2.45, 2.75) is 26.8 Å². The zero-order valence-electron chi connectivity index (χ0n) is 11.3. The van der Waals surface area contributed by atoms with Crippen molar-refractivity contribution >= 4 is 17.2 Å². The molecule has 0 aliphatic carbocycles. The Morgan fingerprint density at radius 1 is 1.25 bits per heavy atom. The summed E-state index contributed by atoms with van der Waals surface area (Å²) >= 11 is 1.43. The third kappa shape index (κ3) is 3.19. The van der Waals surface area contributed by atoms with Crippen molar-refractivity contribution in [3.63, 3.8) is 0 Å². The standard InChI is InChI=1S/C14H14F2N2OS/c1-7(10-4-11(15)6-12(16)5-10)17-14(19)13-8(2)20-9(3)18-13/h4-7H,1-3H3,(H,17,19)/t7-/m1/s1. The molecule has 20 heavy (non-hydrogen) atoms.